The molecule has 1 aliphatic rings. The summed E-state index contributed by atoms with van der Waals surface area (Å²) in [5.74, 6) is 0.0113. The van der Waals surface area contributed by atoms with Crippen LogP contribution in [0, 0.1) is 12.7 Å². The Balaban J connectivity index is 0.00000240. The molecule has 1 N–H and O–H groups in total. The average Bonchev–Trinajstić information content (AvgIpc) is 2.81. The lowest BCUT2D eigenvalue weighted by molar-refractivity contribution is 0.152. The van der Waals surface area contributed by atoms with E-state index in [0.717, 1.165) is 31.4 Å². The molecule has 2 heterocycles. The first-order valence-electron chi connectivity index (χ1n) is 9.78. The van der Waals surface area contributed by atoms with E-state index < -0.39 is 11.9 Å². The highest BCUT2D eigenvalue weighted by atomic mass is 19.1. The van der Waals surface area contributed by atoms with Crippen molar-refractivity contribution in [3.05, 3.63) is 64.6 Å². The second-order valence-corrected chi connectivity index (χ2v) is 7.76. The van der Waals surface area contributed by atoms with E-state index in [2.05, 4.69) is 41.6 Å². The predicted octanol–water partition coefficient (Wildman–Crippen LogP) is 4.50. The summed E-state index contributed by atoms with van der Waals surface area (Å²) >= 11 is 0. The minimum Gasteiger partial charge on any atom is -0.497 e. The van der Waals surface area contributed by atoms with Crippen molar-refractivity contribution < 1.29 is 14.2 Å². The predicted molar refractivity (Wildman–Crippen MR) is 116 cm³/mol. The lowest BCUT2D eigenvalue weighted by Crippen LogP contribution is -2.21. The van der Waals surface area contributed by atoms with E-state index in [-0.39, 0.29) is 7.43 Å². The third kappa shape index (κ3) is 4.02. The van der Waals surface area contributed by atoms with Crippen LogP contribution in [0.5, 0.6) is 5.75 Å². The highest BCUT2D eigenvalue weighted by Crippen LogP contribution is 2.32. The van der Waals surface area contributed by atoms with Gasteiger partial charge in [0, 0.05) is 47.7 Å². The van der Waals surface area contributed by atoms with Crippen molar-refractivity contribution in [1.82, 2.24) is 9.47 Å². The van der Waals surface area contributed by atoms with Crippen LogP contribution >= 0.6 is 0 Å². The largest absolute Gasteiger partial charge is 0.497 e. The molecule has 1 unspecified atom stereocenters. The van der Waals surface area contributed by atoms with E-state index in [1.165, 1.54) is 35.4 Å². The third-order valence-corrected chi connectivity index (χ3v) is 5.84. The number of aromatic nitrogens is 1. The molecule has 0 spiro atoms. The van der Waals surface area contributed by atoms with E-state index >= 15 is 0 Å². The number of likely N-dealkylation sites (N-methyl/N-ethyl adjacent to an activating group) is 1. The number of fused-ring (bicyclic) bond motifs is 3. The van der Waals surface area contributed by atoms with Crippen molar-refractivity contribution in [2.24, 2.45) is 0 Å². The van der Waals surface area contributed by atoms with Gasteiger partial charge in [0.15, 0.2) is 0 Å². The van der Waals surface area contributed by atoms with Gasteiger partial charge < -0.3 is 19.3 Å². The summed E-state index contributed by atoms with van der Waals surface area (Å²) in [6, 6.07) is 11.1. The van der Waals surface area contributed by atoms with E-state index in [0.29, 0.717) is 17.9 Å². The van der Waals surface area contributed by atoms with Gasteiger partial charge in [0.25, 0.3) is 0 Å². The van der Waals surface area contributed by atoms with Gasteiger partial charge in [-0.1, -0.05) is 19.1 Å². The number of hydrogen-bond acceptors (Lipinski definition) is 3. The molecule has 0 saturated heterocycles. The molecule has 4 rings (SSSR count). The van der Waals surface area contributed by atoms with Crippen molar-refractivity contribution in [1.29, 1.82) is 0 Å². The van der Waals surface area contributed by atoms with Crippen molar-refractivity contribution in [3.63, 3.8) is 0 Å². The maximum atomic E-state index is 14.5. The molecular weight excluding hydrogens is 367 g/mol. The van der Waals surface area contributed by atoms with Crippen LogP contribution in [0.2, 0.25) is 0 Å². The summed E-state index contributed by atoms with van der Waals surface area (Å²) in [5, 5.41) is 12.1. The fourth-order valence-corrected chi connectivity index (χ4v) is 4.25. The summed E-state index contributed by atoms with van der Waals surface area (Å²) in [4.78, 5) is 2.34. The first-order chi connectivity index (χ1) is 13.5. The first kappa shape index (κ1) is 21.3. The first-order valence-corrected chi connectivity index (χ1v) is 9.78. The third-order valence-electron chi connectivity index (χ3n) is 5.84. The van der Waals surface area contributed by atoms with Crippen LogP contribution in [0.4, 0.5) is 4.39 Å². The van der Waals surface area contributed by atoms with Gasteiger partial charge in [-0.15, -0.1) is 0 Å². The fourth-order valence-electron chi connectivity index (χ4n) is 4.25. The Bertz CT molecular complexity index is 1010. The number of halogens is 1. The molecule has 2 aromatic carbocycles. The lowest BCUT2D eigenvalue weighted by Gasteiger charge is -2.18. The SMILES string of the molecule is C.COc1ccc(C(O)Cn2c3c(c4cc(C)ccc42)CCN(C)CC3)c(F)c1. The minimum absolute atomic E-state index is 0. The molecule has 0 radical (unpaired) electrons. The van der Waals surface area contributed by atoms with Crippen molar-refractivity contribution >= 4 is 10.9 Å². The number of aryl methyl sites for hydroxylation is 1. The molecule has 0 amide bonds. The van der Waals surface area contributed by atoms with Crippen LogP contribution in [0.15, 0.2) is 36.4 Å². The summed E-state index contributed by atoms with van der Waals surface area (Å²) < 4.78 is 21.7. The van der Waals surface area contributed by atoms with E-state index in [1.54, 1.807) is 12.1 Å². The van der Waals surface area contributed by atoms with E-state index in [1.807, 2.05) is 0 Å². The Morgan fingerprint density at radius 2 is 1.90 bits per heavy atom. The number of ether oxygens (including phenoxy) is 1. The van der Waals surface area contributed by atoms with Crippen LogP contribution in [-0.4, -0.2) is 41.8 Å². The Hall–Kier alpha value is -2.37. The molecule has 0 saturated carbocycles. The molecule has 1 atom stereocenters. The van der Waals surface area contributed by atoms with Gasteiger partial charge >= 0.3 is 0 Å². The van der Waals surface area contributed by atoms with Crippen LogP contribution < -0.4 is 4.74 Å². The van der Waals surface area contributed by atoms with Crippen molar-refractivity contribution in [3.8, 4) is 5.75 Å². The quantitative estimate of drug-likeness (QED) is 0.703. The standard InChI is InChI=1S/C23H27FN2O2.CH4/c1-15-4-7-21-19(12-15)17-8-10-25(2)11-9-22(17)26(21)14-23(27)18-6-5-16(28-3)13-20(18)24;/h4-7,12-13,23,27H,8-11,14H2,1-3H3;1H4. The lowest BCUT2D eigenvalue weighted by atomic mass is 10.1. The Labute approximate surface area is 172 Å². The average molecular weight is 399 g/mol. The molecule has 3 aromatic rings. The van der Waals surface area contributed by atoms with Crippen molar-refractivity contribution in [2.45, 2.75) is 39.8 Å². The number of rotatable bonds is 4. The highest BCUT2D eigenvalue weighted by Gasteiger charge is 2.23. The van der Waals surface area contributed by atoms with Crippen LogP contribution in [0.3, 0.4) is 0 Å². The normalized spacial score (nSPS) is 15.5. The molecule has 0 aliphatic carbocycles. The zero-order valence-corrected chi connectivity index (χ0v) is 16.7. The zero-order chi connectivity index (χ0) is 19.8. The molecule has 29 heavy (non-hydrogen) atoms. The van der Waals surface area contributed by atoms with Gasteiger partial charge in [0.1, 0.15) is 11.6 Å². The molecule has 0 bridgehead atoms. The molecule has 5 heteroatoms. The number of aliphatic hydroxyl groups is 1. The molecule has 156 valence electrons. The van der Waals surface area contributed by atoms with Crippen LogP contribution in [0.1, 0.15) is 35.9 Å². The second-order valence-electron chi connectivity index (χ2n) is 7.76. The number of aliphatic hydroxyl groups excluding tert-OH is 1. The smallest absolute Gasteiger partial charge is 0.132 e. The van der Waals surface area contributed by atoms with E-state index in [4.69, 9.17) is 4.74 Å². The molecule has 1 aromatic heterocycles. The second kappa shape index (κ2) is 8.56. The van der Waals surface area contributed by atoms with Gasteiger partial charge in [-0.05, 0) is 50.2 Å². The van der Waals surface area contributed by atoms with Gasteiger partial charge in [-0.25, -0.2) is 4.39 Å². The summed E-state index contributed by atoms with van der Waals surface area (Å²) in [5.41, 5.74) is 5.28. The maximum Gasteiger partial charge on any atom is 0.132 e. The maximum absolute atomic E-state index is 14.5. The summed E-state index contributed by atoms with van der Waals surface area (Å²) in [6.07, 6.45) is 0.997. The topological polar surface area (TPSA) is 37.6 Å². The monoisotopic (exact) mass is 398 g/mol. The van der Waals surface area contributed by atoms with Gasteiger partial charge in [0.2, 0.25) is 0 Å². The van der Waals surface area contributed by atoms with Gasteiger partial charge in [-0.3, -0.25) is 0 Å². The minimum atomic E-state index is -0.923. The zero-order valence-electron chi connectivity index (χ0n) is 16.7. The molecule has 4 nitrogen and oxygen atoms in total. The Morgan fingerprint density at radius 1 is 1.14 bits per heavy atom. The number of benzene rings is 2. The van der Waals surface area contributed by atoms with Crippen molar-refractivity contribution in [2.75, 3.05) is 27.2 Å². The summed E-state index contributed by atoms with van der Waals surface area (Å²) in [6.45, 7) is 4.44. The van der Waals surface area contributed by atoms with E-state index in [9.17, 15) is 9.50 Å². The van der Waals surface area contributed by atoms with Gasteiger partial charge in [0.05, 0.1) is 19.8 Å². The van der Waals surface area contributed by atoms with Crippen LogP contribution in [0.25, 0.3) is 10.9 Å². The molecular formula is C24H31FN2O2. The number of methoxy groups -OCH3 is 1. The molecule has 0 fully saturated rings. The van der Waals surface area contributed by atoms with Gasteiger partial charge in [-0.2, -0.15) is 0 Å². The fraction of sp³-hybridized carbons (Fsp3) is 0.417. The highest BCUT2D eigenvalue weighted by molar-refractivity contribution is 5.86. The number of nitrogens with zero attached hydrogens (tertiary/aromatic N) is 2. The molecule has 1 aliphatic heterocycles. The summed E-state index contributed by atoms with van der Waals surface area (Å²) in [7, 11) is 3.65. The number of hydrogen-bond donors (Lipinski definition) is 1. The van der Waals surface area contributed by atoms with Crippen LogP contribution in [-0.2, 0) is 19.4 Å². The Kier molecular flexibility index (Phi) is 6.30. The Morgan fingerprint density at radius 3 is 2.62 bits per heavy atom.